The molecule has 0 fully saturated rings. The average Bonchev–Trinajstić information content (AvgIpc) is 3.11. The van der Waals surface area contributed by atoms with Gasteiger partial charge >= 0.3 is 0 Å². The number of aromatic amines is 1. The Morgan fingerprint density at radius 2 is 2.39 bits per heavy atom. The van der Waals surface area contributed by atoms with Gasteiger partial charge in [-0.25, -0.2) is 0 Å². The van der Waals surface area contributed by atoms with Gasteiger partial charge in [-0.1, -0.05) is 12.1 Å². The molecule has 0 unspecified atom stereocenters. The molecule has 122 valence electrons. The van der Waals surface area contributed by atoms with Crippen LogP contribution in [0.15, 0.2) is 30.6 Å². The molecule has 1 aromatic carbocycles. The largest absolute Gasteiger partial charge is 0.493 e. The number of hydrogen-bond donors (Lipinski definition) is 1. The van der Waals surface area contributed by atoms with Gasteiger partial charge in [0.15, 0.2) is 11.5 Å². The van der Waals surface area contributed by atoms with E-state index in [1.807, 2.05) is 31.4 Å². The molecule has 0 saturated carbocycles. The van der Waals surface area contributed by atoms with Gasteiger partial charge in [0.25, 0.3) is 0 Å². The standard InChI is InChI=1S/C17H21N3O3/c1-20(7-6-12-9-18-19-10-12)17(21)14-8-13-4-3-5-15(22-2)16(13)23-11-14/h3-5,9-10,14H,6-8,11H2,1-2H3,(H,18,19)/t14-/m0/s1. The first-order valence-electron chi connectivity index (χ1n) is 7.70. The minimum atomic E-state index is -0.149. The van der Waals surface area contributed by atoms with E-state index in [0.717, 1.165) is 29.0 Å². The summed E-state index contributed by atoms with van der Waals surface area (Å²) in [6.45, 7) is 1.06. The van der Waals surface area contributed by atoms with E-state index in [-0.39, 0.29) is 11.8 Å². The van der Waals surface area contributed by atoms with Crippen molar-refractivity contribution in [2.75, 3.05) is 27.3 Å². The highest BCUT2D eigenvalue weighted by molar-refractivity contribution is 5.79. The van der Waals surface area contributed by atoms with Crippen molar-refractivity contribution in [3.63, 3.8) is 0 Å². The first-order valence-corrected chi connectivity index (χ1v) is 7.70. The molecule has 1 aromatic heterocycles. The highest BCUT2D eigenvalue weighted by Crippen LogP contribution is 2.36. The van der Waals surface area contributed by atoms with Crippen molar-refractivity contribution in [1.29, 1.82) is 0 Å². The molecule has 0 bridgehead atoms. The molecule has 6 nitrogen and oxygen atoms in total. The van der Waals surface area contributed by atoms with Crippen molar-refractivity contribution >= 4 is 5.91 Å². The second kappa shape index (κ2) is 6.73. The van der Waals surface area contributed by atoms with E-state index >= 15 is 0 Å². The number of hydrogen-bond acceptors (Lipinski definition) is 4. The molecule has 0 radical (unpaired) electrons. The molecule has 1 N–H and O–H groups in total. The number of nitrogens with one attached hydrogen (secondary N) is 1. The van der Waals surface area contributed by atoms with Gasteiger partial charge in [0.05, 0.1) is 19.2 Å². The van der Waals surface area contributed by atoms with E-state index in [9.17, 15) is 4.79 Å². The Labute approximate surface area is 135 Å². The van der Waals surface area contributed by atoms with Crippen molar-refractivity contribution in [2.45, 2.75) is 12.8 Å². The lowest BCUT2D eigenvalue weighted by Gasteiger charge is -2.29. The van der Waals surface area contributed by atoms with Crippen LogP contribution in [0.5, 0.6) is 11.5 Å². The Balaban J connectivity index is 1.62. The topological polar surface area (TPSA) is 67.5 Å². The Hall–Kier alpha value is -2.50. The number of nitrogens with zero attached hydrogens (tertiary/aromatic N) is 2. The second-order valence-corrected chi connectivity index (χ2v) is 5.78. The first kappa shape index (κ1) is 15.4. The van der Waals surface area contributed by atoms with Crippen LogP contribution in [-0.2, 0) is 17.6 Å². The highest BCUT2D eigenvalue weighted by Gasteiger charge is 2.29. The minimum absolute atomic E-state index is 0.113. The molecule has 0 spiro atoms. The average molecular weight is 315 g/mol. The molecule has 0 aliphatic carbocycles. The van der Waals surface area contributed by atoms with Crippen LogP contribution in [0.25, 0.3) is 0 Å². The van der Waals surface area contributed by atoms with Gasteiger partial charge in [-0.2, -0.15) is 5.10 Å². The SMILES string of the molecule is COc1cccc2c1OC[C@@H](C(=O)N(C)CCc1cn[nH]c1)C2. The number of carbonyl (C=O) groups is 1. The van der Waals surface area contributed by atoms with Crippen molar-refractivity contribution in [1.82, 2.24) is 15.1 Å². The lowest BCUT2D eigenvalue weighted by molar-refractivity contribution is -0.135. The van der Waals surface area contributed by atoms with Crippen LogP contribution in [0.4, 0.5) is 0 Å². The van der Waals surface area contributed by atoms with E-state index in [1.165, 1.54) is 0 Å². The Morgan fingerprint density at radius 1 is 1.52 bits per heavy atom. The molecule has 1 amide bonds. The van der Waals surface area contributed by atoms with Crippen LogP contribution >= 0.6 is 0 Å². The van der Waals surface area contributed by atoms with E-state index in [4.69, 9.17) is 9.47 Å². The van der Waals surface area contributed by atoms with Crippen molar-refractivity contribution in [2.24, 2.45) is 5.92 Å². The zero-order valence-corrected chi connectivity index (χ0v) is 13.4. The maximum atomic E-state index is 12.6. The first-order chi connectivity index (χ1) is 11.2. The Kier molecular flexibility index (Phi) is 4.50. The molecule has 1 aliphatic rings. The number of ether oxygens (including phenoxy) is 2. The minimum Gasteiger partial charge on any atom is -0.493 e. The van der Waals surface area contributed by atoms with E-state index < -0.39 is 0 Å². The van der Waals surface area contributed by atoms with Gasteiger partial charge in [0.2, 0.25) is 5.91 Å². The quantitative estimate of drug-likeness (QED) is 0.911. The maximum Gasteiger partial charge on any atom is 0.229 e. The normalized spacial score (nSPS) is 16.3. The Morgan fingerprint density at radius 3 is 3.13 bits per heavy atom. The lowest BCUT2D eigenvalue weighted by Crippen LogP contribution is -2.39. The van der Waals surface area contributed by atoms with Gasteiger partial charge < -0.3 is 14.4 Å². The predicted octanol–water partition coefficient (Wildman–Crippen LogP) is 1.67. The number of methoxy groups -OCH3 is 1. The number of rotatable bonds is 5. The number of para-hydroxylation sites is 1. The van der Waals surface area contributed by atoms with Crippen molar-refractivity contribution in [3.05, 3.63) is 41.7 Å². The second-order valence-electron chi connectivity index (χ2n) is 5.78. The summed E-state index contributed by atoms with van der Waals surface area (Å²) in [5.41, 5.74) is 2.12. The van der Waals surface area contributed by atoms with Crippen LogP contribution in [0.1, 0.15) is 11.1 Å². The smallest absolute Gasteiger partial charge is 0.229 e. The van der Waals surface area contributed by atoms with E-state index in [2.05, 4.69) is 10.2 Å². The van der Waals surface area contributed by atoms with Crippen LogP contribution in [0.2, 0.25) is 0 Å². The predicted molar refractivity (Wildman–Crippen MR) is 85.6 cm³/mol. The lowest BCUT2D eigenvalue weighted by atomic mass is 9.95. The third-order valence-corrected chi connectivity index (χ3v) is 4.19. The highest BCUT2D eigenvalue weighted by atomic mass is 16.5. The molecule has 6 heteroatoms. The number of likely N-dealkylation sites (N-methyl/N-ethyl adjacent to an activating group) is 1. The van der Waals surface area contributed by atoms with Crippen LogP contribution in [0, 0.1) is 5.92 Å². The summed E-state index contributed by atoms with van der Waals surface area (Å²) in [6, 6.07) is 5.79. The number of amides is 1. The summed E-state index contributed by atoms with van der Waals surface area (Å²) < 4.78 is 11.1. The summed E-state index contributed by atoms with van der Waals surface area (Å²) in [5, 5.41) is 6.70. The number of H-pyrrole nitrogens is 1. The van der Waals surface area contributed by atoms with Crippen LogP contribution in [-0.4, -0.2) is 48.3 Å². The number of carbonyl (C=O) groups excluding carboxylic acids is 1. The number of fused-ring (bicyclic) bond motifs is 1. The summed E-state index contributed by atoms with van der Waals surface area (Å²) in [4.78, 5) is 14.4. The van der Waals surface area contributed by atoms with Crippen molar-refractivity contribution < 1.29 is 14.3 Å². The molecule has 2 heterocycles. The van der Waals surface area contributed by atoms with Gasteiger partial charge in [0, 0.05) is 19.8 Å². The zero-order chi connectivity index (χ0) is 16.2. The third-order valence-electron chi connectivity index (χ3n) is 4.19. The Bertz CT molecular complexity index is 670. The molecule has 2 aromatic rings. The van der Waals surface area contributed by atoms with Gasteiger partial charge in [-0.05, 0) is 30.0 Å². The zero-order valence-electron chi connectivity index (χ0n) is 13.4. The summed E-state index contributed by atoms with van der Waals surface area (Å²) in [5.74, 6) is 1.45. The molecule has 23 heavy (non-hydrogen) atoms. The van der Waals surface area contributed by atoms with Crippen molar-refractivity contribution in [3.8, 4) is 11.5 Å². The molecule has 1 aliphatic heterocycles. The number of benzene rings is 1. The monoisotopic (exact) mass is 315 g/mol. The fraction of sp³-hybridized carbons (Fsp3) is 0.412. The van der Waals surface area contributed by atoms with Crippen LogP contribution in [0.3, 0.4) is 0 Å². The van der Waals surface area contributed by atoms with E-state index in [0.29, 0.717) is 19.6 Å². The molecular weight excluding hydrogens is 294 g/mol. The van der Waals surface area contributed by atoms with Gasteiger partial charge in [-0.15, -0.1) is 0 Å². The maximum absolute atomic E-state index is 12.6. The summed E-state index contributed by atoms with van der Waals surface area (Å²) in [7, 11) is 3.46. The van der Waals surface area contributed by atoms with E-state index in [1.54, 1.807) is 18.2 Å². The molecular formula is C17H21N3O3. The molecule has 0 saturated heterocycles. The van der Waals surface area contributed by atoms with Crippen LogP contribution < -0.4 is 9.47 Å². The fourth-order valence-electron chi connectivity index (χ4n) is 2.85. The summed E-state index contributed by atoms with van der Waals surface area (Å²) >= 11 is 0. The molecule has 3 rings (SSSR count). The summed E-state index contributed by atoms with van der Waals surface area (Å²) in [6.07, 6.45) is 5.10. The fourth-order valence-corrected chi connectivity index (χ4v) is 2.85. The van der Waals surface area contributed by atoms with Gasteiger partial charge in [-0.3, -0.25) is 9.89 Å². The van der Waals surface area contributed by atoms with Gasteiger partial charge in [0.1, 0.15) is 6.61 Å². The third kappa shape index (κ3) is 3.31. The molecule has 1 atom stereocenters. The number of aromatic nitrogens is 2.